The third-order valence-corrected chi connectivity index (χ3v) is 8.08. The van der Waals surface area contributed by atoms with Crippen LogP contribution in [0.3, 0.4) is 0 Å². The minimum Gasteiger partial charge on any atom is -0.449 e. The fourth-order valence-corrected chi connectivity index (χ4v) is 5.85. The highest BCUT2D eigenvalue weighted by Gasteiger charge is 2.67. The van der Waals surface area contributed by atoms with E-state index in [9.17, 15) is 4.79 Å². The van der Waals surface area contributed by atoms with Crippen LogP contribution >= 0.6 is 0 Å². The first-order chi connectivity index (χ1) is 14.3. The molecule has 2 bridgehead atoms. The van der Waals surface area contributed by atoms with E-state index < -0.39 is 7.12 Å². The average molecular weight is 412 g/mol. The molecule has 0 unspecified atom stereocenters. The van der Waals surface area contributed by atoms with Gasteiger partial charge in [-0.2, -0.15) is 0 Å². The van der Waals surface area contributed by atoms with E-state index in [4.69, 9.17) is 14.0 Å². The summed E-state index contributed by atoms with van der Waals surface area (Å²) in [7, 11) is -0.465. The zero-order valence-corrected chi connectivity index (χ0v) is 18.2. The van der Waals surface area contributed by atoms with Crippen LogP contribution in [-0.2, 0) is 20.5 Å². The van der Waals surface area contributed by atoms with Gasteiger partial charge in [-0.1, -0.05) is 44.2 Å². The highest BCUT2D eigenvalue weighted by atomic mass is 16.7. The molecule has 7 heteroatoms. The van der Waals surface area contributed by atoms with Crippen LogP contribution in [-0.4, -0.2) is 50.6 Å². The van der Waals surface area contributed by atoms with Gasteiger partial charge in [0.15, 0.2) is 0 Å². The Morgan fingerprint density at radius 1 is 1.30 bits per heavy atom. The molecule has 5 fully saturated rings. The van der Waals surface area contributed by atoms with Crippen LogP contribution < -0.4 is 10.6 Å². The van der Waals surface area contributed by atoms with Crippen molar-refractivity contribution in [3.05, 3.63) is 35.9 Å². The minimum absolute atomic E-state index is 0.0830. The van der Waals surface area contributed by atoms with E-state index in [1.54, 1.807) is 0 Å². The number of carbonyl (C=O) groups is 1. The van der Waals surface area contributed by atoms with Crippen LogP contribution in [0.2, 0.25) is 0 Å². The third kappa shape index (κ3) is 3.55. The first-order valence-corrected chi connectivity index (χ1v) is 11.4. The van der Waals surface area contributed by atoms with Gasteiger partial charge in [-0.25, -0.2) is 4.79 Å². The van der Waals surface area contributed by atoms with Gasteiger partial charge in [0, 0.05) is 19.0 Å². The monoisotopic (exact) mass is 412 g/mol. The van der Waals surface area contributed by atoms with Gasteiger partial charge in [-0.3, -0.25) is 0 Å². The Morgan fingerprint density at radius 2 is 2.07 bits per heavy atom. The molecule has 3 saturated carbocycles. The molecule has 2 saturated heterocycles. The van der Waals surface area contributed by atoms with Crippen molar-refractivity contribution < 1.29 is 18.8 Å². The van der Waals surface area contributed by atoms with E-state index in [2.05, 4.69) is 43.5 Å². The molecule has 0 radical (unpaired) electrons. The smallest absolute Gasteiger partial charge is 0.449 e. The molecule has 1 aromatic carbocycles. The fraction of sp³-hybridized carbons (Fsp3) is 0.696. The Hall–Kier alpha value is -1.57. The minimum atomic E-state index is -0.465. The average Bonchev–Trinajstić information content (AvgIpc) is 3.04. The van der Waals surface area contributed by atoms with Gasteiger partial charge in [-0.05, 0) is 49.0 Å². The van der Waals surface area contributed by atoms with Crippen LogP contribution in [0.15, 0.2) is 30.3 Å². The highest BCUT2D eigenvalue weighted by Crippen LogP contribution is 2.64. The molecule has 0 aromatic heterocycles. The number of amides is 1. The number of ether oxygens (including phenoxy) is 1. The van der Waals surface area contributed by atoms with Gasteiger partial charge in [0.05, 0.1) is 24.3 Å². The van der Waals surface area contributed by atoms with Gasteiger partial charge in [0.2, 0.25) is 0 Å². The molecule has 2 N–H and O–H groups in total. The van der Waals surface area contributed by atoms with Gasteiger partial charge in [0.25, 0.3) is 0 Å². The Morgan fingerprint density at radius 3 is 2.73 bits per heavy atom. The molecule has 2 aliphatic heterocycles. The summed E-state index contributed by atoms with van der Waals surface area (Å²) < 4.78 is 18.6. The molecule has 3 aliphatic carbocycles. The van der Waals surface area contributed by atoms with Crippen LogP contribution in [0.1, 0.15) is 39.2 Å². The molecule has 6 rings (SSSR count). The lowest BCUT2D eigenvalue weighted by atomic mass is 9.45. The number of nitrogens with one attached hydrogen (secondary N) is 2. The van der Waals surface area contributed by atoms with E-state index in [0.29, 0.717) is 36.2 Å². The Bertz CT molecular complexity index is 787. The second kappa shape index (κ2) is 7.54. The quantitative estimate of drug-likeness (QED) is 0.704. The number of benzene rings is 1. The van der Waals surface area contributed by atoms with E-state index in [-0.39, 0.29) is 23.7 Å². The van der Waals surface area contributed by atoms with Crippen molar-refractivity contribution in [2.45, 2.75) is 57.7 Å². The molecule has 5 atom stereocenters. The van der Waals surface area contributed by atoms with Crippen LogP contribution in [0.25, 0.3) is 0 Å². The topological polar surface area (TPSA) is 68.8 Å². The summed E-state index contributed by atoms with van der Waals surface area (Å²) in [4.78, 5) is 12.5. The lowest BCUT2D eigenvalue weighted by Crippen LogP contribution is -2.63. The molecule has 5 aliphatic rings. The van der Waals surface area contributed by atoms with Crippen molar-refractivity contribution in [1.82, 2.24) is 10.6 Å². The van der Waals surface area contributed by atoms with Gasteiger partial charge < -0.3 is 24.7 Å². The Labute approximate surface area is 179 Å². The van der Waals surface area contributed by atoms with Crippen molar-refractivity contribution in [2.24, 2.45) is 23.2 Å². The van der Waals surface area contributed by atoms with E-state index in [1.165, 1.54) is 6.42 Å². The number of alkyl carbamates (subject to hydrolysis) is 1. The normalized spacial score (nSPS) is 35.0. The van der Waals surface area contributed by atoms with Crippen molar-refractivity contribution in [2.75, 3.05) is 19.7 Å². The number of carbonyl (C=O) groups excluding carboxylic acids is 1. The summed E-state index contributed by atoms with van der Waals surface area (Å²) in [5, 5.41) is 6.25. The van der Waals surface area contributed by atoms with Gasteiger partial charge >= 0.3 is 13.2 Å². The molecule has 1 aromatic rings. The maximum absolute atomic E-state index is 12.5. The second-order valence-corrected chi connectivity index (χ2v) is 10.5. The zero-order chi connectivity index (χ0) is 20.9. The Balaban J connectivity index is 1.29. The first-order valence-electron chi connectivity index (χ1n) is 11.4. The second-order valence-electron chi connectivity index (χ2n) is 10.5. The summed E-state index contributed by atoms with van der Waals surface area (Å²) >= 11 is 0. The summed E-state index contributed by atoms with van der Waals surface area (Å²) in [5.41, 5.74) is 1.18. The van der Waals surface area contributed by atoms with Crippen molar-refractivity contribution in [3.8, 4) is 0 Å². The van der Waals surface area contributed by atoms with Crippen LogP contribution in [0, 0.1) is 23.2 Å². The molecule has 30 heavy (non-hydrogen) atoms. The lowest BCUT2D eigenvalue weighted by Gasteiger charge is -2.63. The van der Waals surface area contributed by atoms with Crippen molar-refractivity contribution in [1.29, 1.82) is 0 Å². The van der Waals surface area contributed by atoms with E-state index in [1.807, 2.05) is 18.2 Å². The summed E-state index contributed by atoms with van der Waals surface area (Å²) in [6, 6.07) is 10.2. The summed E-state index contributed by atoms with van der Waals surface area (Å²) in [6.45, 7) is 9.17. The third-order valence-electron chi connectivity index (χ3n) is 8.08. The summed E-state index contributed by atoms with van der Waals surface area (Å²) in [6.07, 6.45) is 2.58. The molecule has 2 heterocycles. The van der Waals surface area contributed by atoms with Gasteiger partial charge in [-0.15, -0.1) is 0 Å². The predicted molar refractivity (Wildman–Crippen MR) is 115 cm³/mol. The maximum atomic E-state index is 12.5. The highest BCUT2D eigenvalue weighted by molar-refractivity contribution is 6.47. The largest absolute Gasteiger partial charge is 0.482 e. The molecular weight excluding hydrogens is 379 g/mol. The SMILES string of the molecule is CC1(C)[C@H]2C[C@@H]1[C@@H]1OB([C@H](Cc3ccccc3)NC(=O)OCC3CNC3)O[C@]1(C)C2. The number of rotatable bonds is 6. The fourth-order valence-electron chi connectivity index (χ4n) is 5.85. The number of hydrogen-bond acceptors (Lipinski definition) is 5. The van der Waals surface area contributed by atoms with Gasteiger partial charge in [0.1, 0.15) is 0 Å². The molecule has 1 amide bonds. The predicted octanol–water partition coefficient (Wildman–Crippen LogP) is 2.81. The van der Waals surface area contributed by atoms with Crippen molar-refractivity contribution >= 4 is 13.2 Å². The molecule has 162 valence electrons. The molecular formula is C23H33BN2O4. The lowest BCUT2D eigenvalue weighted by molar-refractivity contribution is -0.185. The molecule has 0 spiro atoms. The summed E-state index contributed by atoms with van der Waals surface area (Å²) in [5.74, 6) is 1.33. The van der Waals surface area contributed by atoms with E-state index >= 15 is 0 Å². The van der Waals surface area contributed by atoms with Crippen LogP contribution in [0.5, 0.6) is 0 Å². The standard InChI is InChI=1S/C23H33BN2O4/c1-22(2)17-10-18(22)20-23(3,11-17)30-24(29-20)19(9-15-7-5-4-6-8-15)26-21(27)28-14-16-12-25-13-16/h4-8,16-20,25H,9-14H2,1-3H3,(H,26,27)/t17-,18+,19-,20-,23+/m0/s1. The molecule has 6 nitrogen and oxygen atoms in total. The Kier molecular flexibility index (Phi) is 5.11. The van der Waals surface area contributed by atoms with Crippen LogP contribution in [0.4, 0.5) is 4.79 Å². The number of hydrogen-bond donors (Lipinski definition) is 2. The van der Waals surface area contributed by atoms with E-state index in [0.717, 1.165) is 25.1 Å². The first kappa shape index (κ1) is 20.3. The zero-order valence-electron chi connectivity index (χ0n) is 18.2. The maximum Gasteiger partial charge on any atom is 0.482 e. The van der Waals surface area contributed by atoms with Crippen molar-refractivity contribution in [3.63, 3.8) is 0 Å².